The first-order chi connectivity index (χ1) is 9.35. The van der Waals surface area contributed by atoms with Gasteiger partial charge in [0, 0.05) is 6.54 Å². The number of unbranched alkanes of at least 4 members (excludes halogenated alkanes) is 1. The first-order valence-electron chi connectivity index (χ1n) is 6.51. The predicted octanol–water partition coefficient (Wildman–Crippen LogP) is 2.66. The smallest absolute Gasteiger partial charge is 0.231 e. The average Bonchev–Trinajstić information content (AvgIpc) is 2.90. The van der Waals surface area contributed by atoms with E-state index < -0.39 is 0 Å². The van der Waals surface area contributed by atoms with Crippen LogP contribution in [0.5, 0.6) is 17.2 Å². The summed E-state index contributed by atoms with van der Waals surface area (Å²) in [5.41, 5.74) is 1.16. The summed E-state index contributed by atoms with van der Waals surface area (Å²) in [5.74, 6) is 3.47. The largest absolute Gasteiger partial charge is 0.493 e. The zero-order valence-electron chi connectivity index (χ0n) is 11.5. The van der Waals surface area contributed by atoms with Gasteiger partial charge in [-0.2, -0.15) is 11.8 Å². The number of hydrogen-bond acceptors (Lipinski definition) is 5. The molecule has 19 heavy (non-hydrogen) atoms. The summed E-state index contributed by atoms with van der Waals surface area (Å²) in [5, 5.41) is 3.44. The van der Waals surface area contributed by atoms with E-state index in [2.05, 4.69) is 11.6 Å². The highest BCUT2D eigenvalue weighted by Crippen LogP contribution is 2.41. The fourth-order valence-electron chi connectivity index (χ4n) is 2.02. The third-order valence-electron chi connectivity index (χ3n) is 3.00. The Hall–Kier alpha value is -1.07. The molecular weight excluding hydrogens is 262 g/mol. The van der Waals surface area contributed by atoms with Crippen LogP contribution in [0.1, 0.15) is 18.4 Å². The van der Waals surface area contributed by atoms with E-state index in [1.54, 1.807) is 7.11 Å². The second-order valence-corrected chi connectivity index (χ2v) is 5.39. The molecule has 0 aromatic heterocycles. The quantitative estimate of drug-likeness (QED) is 0.743. The summed E-state index contributed by atoms with van der Waals surface area (Å²) in [6.45, 7) is 2.14. The Kier molecular flexibility index (Phi) is 5.66. The molecule has 0 unspecified atom stereocenters. The first kappa shape index (κ1) is 14.3. The minimum atomic E-state index is 0.275. The second kappa shape index (κ2) is 7.50. The van der Waals surface area contributed by atoms with Crippen molar-refractivity contribution in [1.29, 1.82) is 0 Å². The van der Waals surface area contributed by atoms with Crippen LogP contribution in [-0.4, -0.2) is 32.5 Å². The zero-order chi connectivity index (χ0) is 13.5. The molecule has 1 aliphatic rings. The van der Waals surface area contributed by atoms with Crippen LogP contribution in [0.3, 0.4) is 0 Å². The van der Waals surface area contributed by atoms with Gasteiger partial charge in [0.1, 0.15) is 0 Å². The van der Waals surface area contributed by atoms with E-state index in [4.69, 9.17) is 14.2 Å². The predicted molar refractivity (Wildman–Crippen MR) is 78.4 cm³/mol. The fourth-order valence-corrected chi connectivity index (χ4v) is 2.51. The molecule has 2 rings (SSSR count). The molecule has 0 saturated carbocycles. The highest BCUT2D eigenvalue weighted by Gasteiger charge is 2.19. The maximum absolute atomic E-state index is 5.41. The number of fused-ring (bicyclic) bond motifs is 1. The molecule has 0 aliphatic carbocycles. The van der Waals surface area contributed by atoms with E-state index in [9.17, 15) is 0 Å². The van der Waals surface area contributed by atoms with Crippen molar-refractivity contribution in [2.75, 3.05) is 32.5 Å². The molecule has 0 bridgehead atoms. The van der Waals surface area contributed by atoms with Gasteiger partial charge in [-0.1, -0.05) is 0 Å². The van der Waals surface area contributed by atoms with Crippen molar-refractivity contribution in [3.05, 3.63) is 17.7 Å². The summed E-state index contributed by atoms with van der Waals surface area (Å²) >= 11 is 1.90. The molecule has 0 atom stereocenters. The van der Waals surface area contributed by atoms with Gasteiger partial charge in [0.15, 0.2) is 11.5 Å². The van der Waals surface area contributed by atoms with Gasteiger partial charge in [0.2, 0.25) is 12.5 Å². The molecule has 0 spiro atoms. The maximum atomic E-state index is 5.41. The van der Waals surface area contributed by atoms with Crippen LogP contribution in [0.4, 0.5) is 0 Å². The van der Waals surface area contributed by atoms with Gasteiger partial charge in [-0.25, -0.2) is 0 Å². The summed E-state index contributed by atoms with van der Waals surface area (Å²) < 4.78 is 16.1. The van der Waals surface area contributed by atoms with Crippen molar-refractivity contribution in [1.82, 2.24) is 5.32 Å². The molecule has 1 N–H and O–H groups in total. The Morgan fingerprint density at radius 2 is 2.21 bits per heavy atom. The van der Waals surface area contributed by atoms with Gasteiger partial charge in [-0.15, -0.1) is 0 Å². The van der Waals surface area contributed by atoms with E-state index in [-0.39, 0.29) is 6.79 Å². The Morgan fingerprint density at radius 3 is 3.00 bits per heavy atom. The highest BCUT2D eigenvalue weighted by atomic mass is 32.2. The van der Waals surface area contributed by atoms with Crippen molar-refractivity contribution in [3.8, 4) is 17.2 Å². The molecule has 0 saturated heterocycles. The molecule has 1 aromatic rings. The third-order valence-corrected chi connectivity index (χ3v) is 3.70. The SMILES string of the molecule is COc1cc(CNCCCCSC)cc2c1OCO2. The van der Waals surface area contributed by atoms with Gasteiger partial charge < -0.3 is 19.5 Å². The maximum Gasteiger partial charge on any atom is 0.231 e. The van der Waals surface area contributed by atoms with Gasteiger partial charge in [0.25, 0.3) is 0 Å². The average molecular weight is 283 g/mol. The van der Waals surface area contributed by atoms with Crippen LogP contribution in [-0.2, 0) is 6.54 Å². The monoisotopic (exact) mass is 283 g/mol. The lowest BCUT2D eigenvalue weighted by molar-refractivity contribution is 0.171. The number of hydrogen-bond donors (Lipinski definition) is 1. The standard InChI is InChI=1S/C14H21NO3S/c1-16-12-7-11(8-13-14(12)18-10-17-13)9-15-5-3-4-6-19-2/h7-8,15H,3-6,9-10H2,1-2H3. The van der Waals surface area contributed by atoms with Crippen LogP contribution in [0.25, 0.3) is 0 Å². The van der Waals surface area contributed by atoms with E-state index in [0.29, 0.717) is 5.75 Å². The molecule has 0 fully saturated rings. The Morgan fingerprint density at radius 1 is 1.32 bits per heavy atom. The third kappa shape index (κ3) is 3.94. The number of benzene rings is 1. The molecule has 1 heterocycles. The van der Waals surface area contributed by atoms with Gasteiger partial charge in [0.05, 0.1) is 7.11 Å². The molecular formula is C14H21NO3S. The summed E-state index contributed by atoms with van der Waals surface area (Å²) in [6, 6.07) is 4.02. The van der Waals surface area contributed by atoms with Crippen molar-refractivity contribution >= 4 is 11.8 Å². The number of methoxy groups -OCH3 is 1. The number of nitrogens with one attached hydrogen (secondary N) is 1. The summed E-state index contributed by atoms with van der Waals surface area (Å²) in [7, 11) is 1.65. The molecule has 4 nitrogen and oxygen atoms in total. The van der Waals surface area contributed by atoms with Crippen LogP contribution in [0.15, 0.2) is 12.1 Å². The van der Waals surface area contributed by atoms with Crippen molar-refractivity contribution < 1.29 is 14.2 Å². The molecule has 0 radical (unpaired) electrons. The van der Waals surface area contributed by atoms with Crippen LogP contribution in [0, 0.1) is 0 Å². The molecule has 0 amide bonds. The van der Waals surface area contributed by atoms with Crippen LogP contribution in [0.2, 0.25) is 0 Å². The Labute approximate surface area is 118 Å². The first-order valence-corrected chi connectivity index (χ1v) is 7.90. The van der Waals surface area contributed by atoms with Crippen LogP contribution >= 0.6 is 11.8 Å². The van der Waals surface area contributed by atoms with Gasteiger partial charge in [-0.3, -0.25) is 0 Å². The van der Waals surface area contributed by atoms with E-state index in [1.165, 1.54) is 18.6 Å². The fraction of sp³-hybridized carbons (Fsp3) is 0.571. The van der Waals surface area contributed by atoms with Gasteiger partial charge in [-0.05, 0) is 49.1 Å². The lowest BCUT2D eigenvalue weighted by Gasteiger charge is -2.09. The molecule has 5 heteroatoms. The van der Waals surface area contributed by atoms with E-state index in [0.717, 1.165) is 30.2 Å². The van der Waals surface area contributed by atoms with Crippen molar-refractivity contribution in [2.24, 2.45) is 0 Å². The highest BCUT2D eigenvalue weighted by molar-refractivity contribution is 7.98. The minimum Gasteiger partial charge on any atom is -0.493 e. The van der Waals surface area contributed by atoms with E-state index >= 15 is 0 Å². The van der Waals surface area contributed by atoms with Crippen molar-refractivity contribution in [2.45, 2.75) is 19.4 Å². The lowest BCUT2D eigenvalue weighted by atomic mass is 10.2. The Bertz CT molecular complexity index is 412. The molecule has 1 aliphatic heterocycles. The number of ether oxygens (including phenoxy) is 3. The van der Waals surface area contributed by atoms with E-state index in [1.807, 2.05) is 23.9 Å². The number of rotatable bonds is 8. The van der Waals surface area contributed by atoms with Gasteiger partial charge >= 0.3 is 0 Å². The Balaban J connectivity index is 1.84. The zero-order valence-corrected chi connectivity index (χ0v) is 12.3. The minimum absolute atomic E-state index is 0.275. The molecule has 1 aromatic carbocycles. The summed E-state index contributed by atoms with van der Waals surface area (Å²) in [6.07, 6.45) is 4.62. The van der Waals surface area contributed by atoms with Crippen molar-refractivity contribution in [3.63, 3.8) is 0 Å². The van der Waals surface area contributed by atoms with Crippen LogP contribution < -0.4 is 19.5 Å². The number of thioether (sulfide) groups is 1. The summed E-state index contributed by atoms with van der Waals surface area (Å²) in [4.78, 5) is 0. The topological polar surface area (TPSA) is 39.7 Å². The normalized spacial score (nSPS) is 12.7. The lowest BCUT2D eigenvalue weighted by Crippen LogP contribution is -2.14. The molecule has 106 valence electrons. The second-order valence-electron chi connectivity index (χ2n) is 4.41.